The minimum absolute atomic E-state index is 0.153. The molecule has 2 saturated heterocycles. The van der Waals surface area contributed by atoms with E-state index >= 15 is 0 Å². The van der Waals surface area contributed by atoms with Gasteiger partial charge in [-0.1, -0.05) is 36.1 Å². The van der Waals surface area contributed by atoms with Gasteiger partial charge < -0.3 is 9.84 Å². The van der Waals surface area contributed by atoms with E-state index in [-0.39, 0.29) is 10.7 Å². The molecule has 0 radical (unpaired) electrons. The molecule has 146 valence electrons. The number of aliphatic carboxylic acids is 1. The highest BCUT2D eigenvalue weighted by atomic mass is 32.2. The number of ether oxygens (including phenoxy) is 1. The summed E-state index contributed by atoms with van der Waals surface area (Å²) in [5.74, 6) is -2.48. The van der Waals surface area contributed by atoms with E-state index in [1.807, 2.05) is 0 Å². The molecule has 0 aromatic heterocycles. The molecule has 2 aliphatic rings. The van der Waals surface area contributed by atoms with E-state index in [0.717, 1.165) is 22.2 Å². The number of imide groups is 1. The number of amides is 3. The van der Waals surface area contributed by atoms with Gasteiger partial charge >= 0.3 is 5.97 Å². The first-order valence-corrected chi connectivity index (χ1v) is 9.47. The number of hydrogen-bond acceptors (Lipinski definition) is 7. The number of carbonyl (C=O) groups excluding carboxylic acids is 3. The number of benzene rings is 1. The van der Waals surface area contributed by atoms with Crippen LogP contribution in [-0.4, -0.2) is 62.1 Å². The molecule has 0 bridgehead atoms. The number of carboxylic acids is 1. The molecule has 1 N–H and O–H groups in total. The first kappa shape index (κ1) is 20.0. The lowest BCUT2D eigenvalue weighted by molar-refractivity contribution is -0.154. The van der Waals surface area contributed by atoms with Crippen molar-refractivity contribution in [3.8, 4) is 5.75 Å². The summed E-state index contributed by atoms with van der Waals surface area (Å²) in [6.45, 7) is 1.24. The summed E-state index contributed by atoms with van der Waals surface area (Å²) in [7, 11) is 1.55. The predicted molar refractivity (Wildman–Crippen MR) is 105 cm³/mol. The van der Waals surface area contributed by atoms with Crippen LogP contribution in [0.25, 0.3) is 6.08 Å². The molecule has 1 aromatic carbocycles. The van der Waals surface area contributed by atoms with Crippen LogP contribution in [0.1, 0.15) is 18.9 Å². The molecule has 3 amide bonds. The average Bonchev–Trinajstić information content (AvgIpc) is 3.09. The fourth-order valence-corrected chi connectivity index (χ4v) is 4.31. The minimum atomic E-state index is -1.31. The molecule has 28 heavy (non-hydrogen) atoms. The molecule has 2 unspecified atom stereocenters. The van der Waals surface area contributed by atoms with Crippen molar-refractivity contribution in [3.63, 3.8) is 0 Å². The first-order chi connectivity index (χ1) is 13.2. The maximum absolute atomic E-state index is 12.8. The lowest BCUT2D eigenvalue weighted by Crippen LogP contribution is -2.48. The summed E-state index contributed by atoms with van der Waals surface area (Å²) < 4.78 is 5.25. The van der Waals surface area contributed by atoms with Gasteiger partial charge in [0.1, 0.15) is 22.2 Å². The molecule has 2 fully saturated rings. The second-order valence-corrected chi connectivity index (χ2v) is 7.84. The molecule has 1 aromatic rings. The number of carbonyl (C=O) groups is 4. The van der Waals surface area contributed by atoms with Crippen molar-refractivity contribution < 1.29 is 29.0 Å². The Kier molecular flexibility index (Phi) is 5.52. The third kappa shape index (κ3) is 3.52. The van der Waals surface area contributed by atoms with E-state index in [0.29, 0.717) is 15.6 Å². The van der Waals surface area contributed by atoms with Crippen LogP contribution in [-0.2, 0) is 19.2 Å². The van der Waals surface area contributed by atoms with E-state index in [1.54, 1.807) is 37.5 Å². The predicted octanol–water partition coefficient (Wildman–Crippen LogP) is 1.50. The summed E-state index contributed by atoms with van der Waals surface area (Å²) in [5.41, 5.74) is 0.747. The number of thiocarbonyl (C=S) groups is 1. The third-order valence-electron chi connectivity index (χ3n) is 4.45. The van der Waals surface area contributed by atoms with Crippen molar-refractivity contribution in [2.75, 3.05) is 7.11 Å². The van der Waals surface area contributed by atoms with Crippen molar-refractivity contribution in [2.24, 2.45) is 0 Å². The smallest absolute Gasteiger partial charge is 0.326 e. The van der Waals surface area contributed by atoms with Gasteiger partial charge in [-0.25, -0.2) is 4.79 Å². The SMILES string of the molecule is COc1ccc(/C=C2\SC(=S)N(C3CC(=O)N(C(C)C(=O)O)C3=O)C2=O)cc1. The van der Waals surface area contributed by atoms with Gasteiger partial charge in [0.05, 0.1) is 18.4 Å². The Labute approximate surface area is 170 Å². The molecule has 0 saturated carbocycles. The lowest BCUT2D eigenvalue weighted by atomic mass is 10.2. The lowest BCUT2D eigenvalue weighted by Gasteiger charge is -2.23. The van der Waals surface area contributed by atoms with Crippen LogP contribution in [0.3, 0.4) is 0 Å². The second kappa shape index (κ2) is 7.72. The molecule has 0 spiro atoms. The summed E-state index contributed by atoms with van der Waals surface area (Å²) in [5, 5.41) is 9.10. The Bertz CT molecular complexity index is 911. The van der Waals surface area contributed by atoms with Crippen LogP contribution < -0.4 is 4.74 Å². The van der Waals surface area contributed by atoms with Gasteiger partial charge in [0.2, 0.25) is 5.91 Å². The molecular formula is C18H16N2O6S2. The zero-order valence-corrected chi connectivity index (χ0v) is 16.6. The summed E-state index contributed by atoms with van der Waals surface area (Å²) in [6, 6.07) is 4.60. The number of thioether (sulfide) groups is 1. The number of hydrogen-bond donors (Lipinski definition) is 1. The Morgan fingerprint density at radius 2 is 1.96 bits per heavy atom. The summed E-state index contributed by atoms with van der Waals surface area (Å²) in [4.78, 5) is 50.9. The average molecular weight is 420 g/mol. The third-order valence-corrected chi connectivity index (χ3v) is 5.78. The van der Waals surface area contributed by atoms with Crippen LogP contribution in [0.4, 0.5) is 0 Å². The van der Waals surface area contributed by atoms with Crippen LogP contribution in [0, 0.1) is 0 Å². The van der Waals surface area contributed by atoms with Crippen LogP contribution in [0.2, 0.25) is 0 Å². The zero-order valence-electron chi connectivity index (χ0n) is 14.9. The fourth-order valence-electron chi connectivity index (χ4n) is 2.95. The molecular weight excluding hydrogens is 404 g/mol. The number of nitrogens with zero attached hydrogens (tertiary/aromatic N) is 2. The minimum Gasteiger partial charge on any atom is -0.497 e. The van der Waals surface area contributed by atoms with Gasteiger partial charge in [-0.3, -0.25) is 24.2 Å². The van der Waals surface area contributed by atoms with Gasteiger partial charge in [-0.05, 0) is 30.7 Å². The van der Waals surface area contributed by atoms with Crippen molar-refractivity contribution in [1.82, 2.24) is 9.80 Å². The Hall–Kier alpha value is -2.72. The number of carboxylic acid groups (broad SMARTS) is 1. The molecule has 8 nitrogen and oxygen atoms in total. The van der Waals surface area contributed by atoms with Crippen LogP contribution in [0.15, 0.2) is 29.2 Å². The molecule has 3 rings (SSSR count). The number of rotatable bonds is 5. The normalized spacial score (nSPS) is 22.4. The van der Waals surface area contributed by atoms with Gasteiger partial charge in [-0.2, -0.15) is 0 Å². The largest absolute Gasteiger partial charge is 0.497 e. The highest BCUT2D eigenvalue weighted by Gasteiger charge is 2.50. The molecule has 2 aliphatic heterocycles. The Morgan fingerprint density at radius 3 is 2.54 bits per heavy atom. The topological polar surface area (TPSA) is 104 Å². The van der Waals surface area contributed by atoms with Crippen molar-refractivity contribution in [1.29, 1.82) is 0 Å². The maximum atomic E-state index is 12.8. The van der Waals surface area contributed by atoms with Crippen LogP contribution >= 0.6 is 24.0 Å². The van der Waals surface area contributed by atoms with E-state index < -0.39 is 35.8 Å². The second-order valence-electron chi connectivity index (χ2n) is 6.16. The fraction of sp³-hybridized carbons (Fsp3) is 0.278. The number of likely N-dealkylation sites (tertiary alicyclic amines) is 1. The summed E-state index contributed by atoms with van der Waals surface area (Å²) in [6.07, 6.45) is 1.34. The van der Waals surface area contributed by atoms with Gasteiger partial charge in [-0.15, -0.1) is 0 Å². The molecule has 0 aliphatic carbocycles. The standard InChI is InChI=1S/C18H16N2O6S2/c1-9(17(24)25)19-14(21)8-12(15(19)22)20-16(23)13(28-18(20)27)7-10-3-5-11(26-2)6-4-10/h3-7,9,12H,8H2,1-2H3,(H,24,25)/b13-7-. The van der Waals surface area contributed by atoms with E-state index in [2.05, 4.69) is 0 Å². The maximum Gasteiger partial charge on any atom is 0.326 e. The molecule has 2 atom stereocenters. The monoisotopic (exact) mass is 420 g/mol. The molecule has 10 heteroatoms. The zero-order chi connectivity index (χ0) is 20.6. The van der Waals surface area contributed by atoms with Gasteiger partial charge in [0.25, 0.3) is 11.8 Å². The Balaban J connectivity index is 1.84. The van der Waals surface area contributed by atoms with Gasteiger partial charge in [0.15, 0.2) is 0 Å². The van der Waals surface area contributed by atoms with Crippen molar-refractivity contribution in [3.05, 3.63) is 34.7 Å². The summed E-state index contributed by atoms with van der Waals surface area (Å²) >= 11 is 6.28. The molecule has 2 heterocycles. The number of methoxy groups -OCH3 is 1. The van der Waals surface area contributed by atoms with Crippen LogP contribution in [0.5, 0.6) is 5.75 Å². The Morgan fingerprint density at radius 1 is 1.32 bits per heavy atom. The van der Waals surface area contributed by atoms with Crippen molar-refractivity contribution in [2.45, 2.75) is 25.4 Å². The van der Waals surface area contributed by atoms with Crippen molar-refractivity contribution >= 4 is 58.1 Å². The highest BCUT2D eigenvalue weighted by Crippen LogP contribution is 2.36. The first-order valence-electron chi connectivity index (χ1n) is 8.24. The quantitative estimate of drug-likeness (QED) is 0.434. The highest BCUT2D eigenvalue weighted by molar-refractivity contribution is 8.26. The van der Waals surface area contributed by atoms with E-state index in [4.69, 9.17) is 22.1 Å². The van der Waals surface area contributed by atoms with Gasteiger partial charge in [0, 0.05) is 0 Å². The van der Waals surface area contributed by atoms with E-state index in [1.165, 1.54) is 6.92 Å². The van der Waals surface area contributed by atoms with E-state index in [9.17, 15) is 19.2 Å².